The van der Waals surface area contributed by atoms with Crippen molar-refractivity contribution in [2.45, 2.75) is 71.4 Å². The first-order valence-electron chi connectivity index (χ1n) is 7.55. The van der Waals surface area contributed by atoms with E-state index < -0.39 is 10.0 Å². The van der Waals surface area contributed by atoms with Crippen molar-refractivity contribution in [1.82, 2.24) is 4.31 Å². The summed E-state index contributed by atoms with van der Waals surface area (Å²) in [7, 11) is -3.29. The molecule has 0 aromatic heterocycles. The second-order valence-electron chi connectivity index (χ2n) is 5.59. The number of ether oxygens (including phenoxy) is 1. The minimum Gasteiger partial charge on any atom is -0.466 e. The fourth-order valence-corrected chi connectivity index (χ4v) is 4.89. The maximum absolute atomic E-state index is 12.5. The maximum atomic E-state index is 12.5. The van der Waals surface area contributed by atoms with Gasteiger partial charge in [-0.15, -0.1) is 0 Å². The van der Waals surface area contributed by atoms with Gasteiger partial charge in [0.05, 0.1) is 12.4 Å². The van der Waals surface area contributed by atoms with Crippen molar-refractivity contribution in [3.05, 3.63) is 0 Å². The molecular weight excluding hydrogens is 278 g/mol. The standard InChI is InChI=1S/C14H27NO4S/c1-4-19-14(16)10-7-11-20(17,18)15(12(2)3)13-8-5-6-9-13/h12-13H,4-11H2,1-3H3. The summed E-state index contributed by atoms with van der Waals surface area (Å²) in [5.74, 6) is -0.291. The van der Waals surface area contributed by atoms with Crippen LogP contribution in [0, 0.1) is 0 Å². The topological polar surface area (TPSA) is 63.7 Å². The number of carbonyl (C=O) groups excluding carboxylic acids is 1. The number of hydrogen-bond acceptors (Lipinski definition) is 4. The van der Waals surface area contributed by atoms with Crippen molar-refractivity contribution >= 4 is 16.0 Å². The predicted molar refractivity (Wildman–Crippen MR) is 78.9 cm³/mol. The van der Waals surface area contributed by atoms with Gasteiger partial charge in [-0.25, -0.2) is 8.42 Å². The molecule has 0 heterocycles. The summed E-state index contributed by atoms with van der Waals surface area (Å²) in [6, 6.07) is 0.119. The highest BCUT2D eigenvalue weighted by atomic mass is 32.2. The number of esters is 1. The normalized spacial score (nSPS) is 17.1. The molecule has 0 aliphatic heterocycles. The van der Waals surface area contributed by atoms with Crippen molar-refractivity contribution in [2.75, 3.05) is 12.4 Å². The molecule has 0 saturated heterocycles. The Kier molecular flexibility index (Phi) is 6.95. The van der Waals surface area contributed by atoms with E-state index in [-0.39, 0.29) is 30.2 Å². The van der Waals surface area contributed by atoms with Crippen molar-refractivity contribution in [3.63, 3.8) is 0 Å². The second kappa shape index (κ2) is 7.98. The molecule has 0 atom stereocenters. The predicted octanol–water partition coefficient (Wildman–Crippen LogP) is 2.31. The van der Waals surface area contributed by atoms with Crippen LogP contribution in [0.1, 0.15) is 59.3 Å². The number of hydrogen-bond donors (Lipinski definition) is 0. The molecule has 1 fully saturated rings. The van der Waals surface area contributed by atoms with E-state index in [0.717, 1.165) is 25.7 Å². The van der Waals surface area contributed by atoms with Crippen LogP contribution in [0.4, 0.5) is 0 Å². The van der Waals surface area contributed by atoms with E-state index in [1.807, 2.05) is 13.8 Å². The summed E-state index contributed by atoms with van der Waals surface area (Å²) in [4.78, 5) is 11.3. The number of sulfonamides is 1. The fraction of sp³-hybridized carbons (Fsp3) is 0.929. The number of nitrogens with zero attached hydrogens (tertiary/aromatic N) is 1. The second-order valence-corrected chi connectivity index (χ2v) is 7.58. The maximum Gasteiger partial charge on any atom is 0.305 e. The number of rotatable bonds is 8. The van der Waals surface area contributed by atoms with Gasteiger partial charge >= 0.3 is 5.97 Å². The quantitative estimate of drug-likeness (QED) is 0.646. The molecule has 0 radical (unpaired) electrons. The summed E-state index contributed by atoms with van der Waals surface area (Å²) < 4.78 is 31.4. The van der Waals surface area contributed by atoms with Gasteiger partial charge < -0.3 is 4.74 Å². The summed E-state index contributed by atoms with van der Waals surface area (Å²) in [5.41, 5.74) is 0. The zero-order valence-electron chi connectivity index (χ0n) is 12.8. The highest BCUT2D eigenvalue weighted by molar-refractivity contribution is 7.89. The molecule has 0 N–H and O–H groups in total. The summed E-state index contributed by atoms with van der Waals surface area (Å²) >= 11 is 0. The van der Waals surface area contributed by atoms with Crippen LogP contribution in [0.3, 0.4) is 0 Å². The van der Waals surface area contributed by atoms with Crippen molar-refractivity contribution in [3.8, 4) is 0 Å². The van der Waals surface area contributed by atoms with Gasteiger partial charge in [0.1, 0.15) is 0 Å². The van der Waals surface area contributed by atoms with Gasteiger partial charge in [0.2, 0.25) is 10.0 Å². The molecule has 0 aromatic rings. The molecule has 0 amide bonds. The van der Waals surface area contributed by atoms with E-state index >= 15 is 0 Å². The zero-order chi connectivity index (χ0) is 15.2. The van der Waals surface area contributed by atoms with E-state index in [4.69, 9.17) is 4.74 Å². The lowest BCUT2D eigenvalue weighted by atomic mass is 10.2. The Bertz CT molecular complexity index is 399. The van der Waals surface area contributed by atoms with Gasteiger partial charge in [0.25, 0.3) is 0 Å². The Morgan fingerprint density at radius 1 is 1.30 bits per heavy atom. The van der Waals surface area contributed by atoms with Crippen molar-refractivity contribution < 1.29 is 17.9 Å². The minimum absolute atomic E-state index is 0.0225. The first-order valence-corrected chi connectivity index (χ1v) is 9.16. The smallest absolute Gasteiger partial charge is 0.305 e. The summed E-state index contributed by atoms with van der Waals surface area (Å²) in [5, 5.41) is 0. The summed E-state index contributed by atoms with van der Waals surface area (Å²) in [6.45, 7) is 5.92. The Balaban J connectivity index is 2.57. The Morgan fingerprint density at radius 3 is 2.40 bits per heavy atom. The largest absolute Gasteiger partial charge is 0.466 e. The Morgan fingerprint density at radius 2 is 1.90 bits per heavy atom. The molecule has 20 heavy (non-hydrogen) atoms. The molecule has 1 aliphatic rings. The lowest BCUT2D eigenvalue weighted by Crippen LogP contribution is -2.44. The molecule has 5 nitrogen and oxygen atoms in total. The first-order chi connectivity index (χ1) is 9.38. The highest BCUT2D eigenvalue weighted by Gasteiger charge is 2.33. The van der Waals surface area contributed by atoms with E-state index in [0.29, 0.717) is 13.0 Å². The van der Waals surface area contributed by atoms with E-state index in [9.17, 15) is 13.2 Å². The van der Waals surface area contributed by atoms with Crippen molar-refractivity contribution in [2.24, 2.45) is 0 Å². The highest BCUT2D eigenvalue weighted by Crippen LogP contribution is 2.28. The molecule has 0 unspecified atom stereocenters. The third-order valence-corrected chi connectivity index (χ3v) is 5.77. The minimum atomic E-state index is -3.29. The molecule has 1 rings (SSSR count). The van der Waals surface area contributed by atoms with Crippen LogP contribution in [0.2, 0.25) is 0 Å². The van der Waals surface area contributed by atoms with E-state index in [1.54, 1.807) is 11.2 Å². The van der Waals surface area contributed by atoms with Crippen molar-refractivity contribution in [1.29, 1.82) is 0 Å². The molecule has 1 saturated carbocycles. The van der Waals surface area contributed by atoms with Gasteiger partial charge in [-0.05, 0) is 40.0 Å². The van der Waals surface area contributed by atoms with Gasteiger partial charge in [-0.3, -0.25) is 4.79 Å². The van der Waals surface area contributed by atoms with Crippen LogP contribution in [-0.2, 0) is 19.6 Å². The third kappa shape index (κ3) is 5.05. The zero-order valence-corrected chi connectivity index (χ0v) is 13.6. The van der Waals surface area contributed by atoms with Crippen LogP contribution < -0.4 is 0 Å². The van der Waals surface area contributed by atoms with E-state index in [1.165, 1.54) is 0 Å². The monoisotopic (exact) mass is 305 g/mol. The average Bonchev–Trinajstić information content (AvgIpc) is 2.81. The Hall–Kier alpha value is -0.620. The Labute approximate surface area is 122 Å². The average molecular weight is 305 g/mol. The van der Waals surface area contributed by atoms with Crippen LogP contribution in [0.5, 0.6) is 0 Å². The first kappa shape index (κ1) is 17.4. The lowest BCUT2D eigenvalue weighted by molar-refractivity contribution is -0.143. The number of carbonyl (C=O) groups is 1. The molecule has 0 bridgehead atoms. The molecule has 118 valence electrons. The van der Waals surface area contributed by atoms with Crippen LogP contribution in [0.15, 0.2) is 0 Å². The van der Waals surface area contributed by atoms with Gasteiger partial charge in [0.15, 0.2) is 0 Å². The molecule has 1 aliphatic carbocycles. The van der Waals surface area contributed by atoms with E-state index in [2.05, 4.69) is 0 Å². The SMILES string of the molecule is CCOC(=O)CCCS(=O)(=O)N(C(C)C)C1CCCC1. The van der Waals surface area contributed by atoms with Gasteiger partial charge in [-0.2, -0.15) is 4.31 Å². The molecule has 0 aromatic carbocycles. The van der Waals surface area contributed by atoms with Gasteiger partial charge in [0, 0.05) is 18.5 Å². The lowest BCUT2D eigenvalue weighted by Gasteiger charge is -2.31. The molecular formula is C14H27NO4S. The molecule has 0 spiro atoms. The fourth-order valence-electron chi connectivity index (χ4n) is 2.87. The van der Waals surface area contributed by atoms with Crippen LogP contribution >= 0.6 is 0 Å². The third-order valence-electron chi connectivity index (χ3n) is 3.60. The van der Waals surface area contributed by atoms with Crippen LogP contribution in [0.25, 0.3) is 0 Å². The summed E-state index contributed by atoms with van der Waals surface area (Å²) in [6.07, 6.45) is 4.61. The van der Waals surface area contributed by atoms with Crippen LogP contribution in [-0.4, -0.2) is 43.1 Å². The van der Waals surface area contributed by atoms with Gasteiger partial charge in [-0.1, -0.05) is 12.8 Å². The molecule has 6 heteroatoms.